The van der Waals surface area contributed by atoms with E-state index in [1.807, 2.05) is 6.92 Å². The molecule has 0 N–H and O–H groups in total. The lowest BCUT2D eigenvalue weighted by Gasteiger charge is -2.03. The zero-order valence-corrected chi connectivity index (χ0v) is 7.78. The molecule has 0 radical (unpaired) electrons. The van der Waals surface area contributed by atoms with Crippen LogP contribution in [-0.2, 0) is 0 Å². The van der Waals surface area contributed by atoms with Gasteiger partial charge in [0.05, 0.1) is 6.07 Å². The third-order valence-corrected chi connectivity index (χ3v) is 1.96. The maximum atomic E-state index is 8.63. The molecule has 0 aromatic carbocycles. The standard InChI is InChI=1S/C10H17N/c1-4-6-7-10(5-2)9(3)8-11/h4-7H2,1-3H3. The lowest BCUT2D eigenvalue weighted by molar-refractivity contribution is 0.761. The Balaban J connectivity index is 4.06. The van der Waals surface area contributed by atoms with Crippen LogP contribution in [0.25, 0.3) is 0 Å². The van der Waals surface area contributed by atoms with Gasteiger partial charge >= 0.3 is 0 Å². The van der Waals surface area contributed by atoms with E-state index in [-0.39, 0.29) is 0 Å². The molecule has 62 valence electrons. The molecular weight excluding hydrogens is 134 g/mol. The Morgan fingerprint density at radius 3 is 2.36 bits per heavy atom. The van der Waals surface area contributed by atoms with Gasteiger partial charge in [-0.05, 0) is 26.2 Å². The van der Waals surface area contributed by atoms with Crippen molar-refractivity contribution in [2.24, 2.45) is 0 Å². The Kier molecular flexibility index (Phi) is 5.56. The summed E-state index contributed by atoms with van der Waals surface area (Å²) >= 11 is 0. The highest BCUT2D eigenvalue weighted by molar-refractivity contribution is 5.25. The largest absolute Gasteiger partial charge is 0.193 e. The van der Waals surface area contributed by atoms with Crippen molar-refractivity contribution in [2.45, 2.75) is 46.5 Å². The average Bonchev–Trinajstić information content (AvgIpc) is 2.05. The summed E-state index contributed by atoms with van der Waals surface area (Å²) in [5, 5.41) is 8.63. The molecule has 1 heteroatoms. The molecule has 0 aliphatic rings. The van der Waals surface area contributed by atoms with Crippen molar-refractivity contribution in [3.05, 3.63) is 11.1 Å². The van der Waals surface area contributed by atoms with Gasteiger partial charge in [0.1, 0.15) is 0 Å². The van der Waals surface area contributed by atoms with E-state index < -0.39 is 0 Å². The zero-order chi connectivity index (χ0) is 8.69. The number of hydrogen-bond acceptors (Lipinski definition) is 1. The highest BCUT2D eigenvalue weighted by atomic mass is 14.2. The normalized spacial score (nSPS) is 12.2. The quantitative estimate of drug-likeness (QED) is 0.565. The third kappa shape index (κ3) is 3.83. The Morgan fingerprint density at radius 1 is 1.36 bits per heavy atom. The first kappa shape index (κ1) is 10.2. The second-order valence-electron chi connectivity index (χ2n) is 2.80. The van der Waals surface area contributed by atoms with Crippen LogP contribution in [-0.4, -0.2) is 0 Å². The fourth-order valence-corrected chi connectivity index (χ4v) is 1.10. The van der Waals surface area contributed by atoms with E-state index in [1.165, 1.54) is 18.4 Å². The summed E-state index contributed by atoms with van der Waals surface area (Å²) in [4.78, 5) is 0. The molecule has 1 nitrogen and oxygen atoms in total. The molecule has 0 bridgehead atoms. The van der Waals surface area contributed by atoms with Gasteiger partial charge in [-0.3, -0.25) is 0 Å². The van der Waals surface area contributed by atoms with Crippen molar-refractivity contribution in [2.75, 3.05) is 0 Å². The molecule has 0 aromatic rings. The minimum Gasteiger partial charge on any atom is -0.193 e. The first-order valence-corrected chi connectivity index (χ1v) is 4.34. The van der Waals surface area contributed by atoms with E-state index in [2.05, 4.69) is 19.9 Å². The fraction of sp³-hybridized carbons (Fsp3) is 0.700. The molecule has 0 saturated carbocycles. The number of nitriles is 1. The van der Waals surface area contributed by atoms with Gasteiger partial charge < -0.3 is 0 Å². The van der Waals surface area contributed by atoms with Gasteiger partial charge in [-0.2, -0.15) is 5.26 Å². The van der Waals surface area contributed by atoms with Crippen LogP contribution in [0.2, 0.25) is 0 Å². The van der Waals surface area contributed by atoms with Crippen molar-refractivity contribution in [3.63, 3.8) is 0 Å². The summed E-state index contributed by atoms with van der Waals surface area (Å²) in [5.74, 6) is 0. The highest BCUT2D eigenvalue weighted by Gasteiger charge is 1.98. The fourth-order valence-electron chi connectivity index (χ4n) is 1.10. The van der Waals surface area contributed by atoms with Crippen molar-refractivity contribution < 1.29 is 0 Å². The Labute approximate surface area is 69.7 Å². The number of hydrogen-bond donors (Lipinski definition) is 0. The minimum atomic E-state index is 0.918. The molecule has 11 heavy (non-hydrogen) atoms. The topological polar surface area (TPSA) is 23.8 Å². The van der Waals surface area contributed by atoms with Gasteiger partial charge in [0.25, 0.3) is 0 Å². The Hall–Kier alpha value is -0.770. The summed E-state index contributed by atoms with van der Waals surface area (Å²) in [6.07, 6.45) is 4.55. The molecule has 0 fully saturated rings. The van der Waals surface area contributed by atoms with Gasteiger partial charge in [-0.1, -0.05) is 25.8 Å². The number of nitrogens with zero attached hydrogens (tertiary/aromatic N) is 1. The SMILES string of the molecule is CCCCC(CC)=C(C)C#N. The molecule has 0 aliphatic heterocycles. The van der Waals surface area contributed by atoms with Crippen molar-refractivity contribution >= 4 is 0 Å². The van der Waals surface area contributed by atoms with Gasteiger partial charge in [0.2, 0.25) is 0 Å². The maximum absolute atomic E-state index is 8.63. The highest BCUT2D eigenvalue weighted by Crippen LogP contribution is 2.15. The smallest absolute Gasteiger partial charge is 0.0943 e. The van der Waals surface area contributed by atoms with Crippen LogP contribution in [0.1, 0.15) is 46.5 Å². The van der Waals surface area contributed by atoms with Crippen LogP contribution in [0.3, 0.4) is 0 Å². The van der Waals surface area contributed by atoms with Crippen LogP contribution in [0.4, 0.5) is 0 Å². The summed E-state index contributed by atoms with van der Waals surface area (Å²) in [7, 11) is 0. The van der Waals surface area contributed by atoms with Gasteiger partial charge in [-0.25, -0.2) is 0 Å². The predicted molar refractivity (Wildman–Crippen MR) is 48.1 cm³/mol. The van der Waals surface area contributed by atoms with Crippen molar-refractivity contribution in [3.8, 4) is 6.07 Å². The molecule has 0 amide bonds. The number of rotatable bonds is 4. The van der Waals surface area contributed by atoms with Gasteiger partial charge in [0.15, 0.2) is 0 Å². The molecular formula is C10H17N. The average molecular weight is 151 g/mol. The number of allylic oxidation sites excluding steroid dienone is 2. The van der Waals surface area contributed by atoms with Crippen molar-refractivity contribution in [1.82, 2.24) is 0 Å². The first-order valence-electron chi connectivity index (χ1n) is 4.34. The van der Waals surface area contributed by atoms with Gasteiger partial charge in [0, 0.05) is 5.57 Å². The van der Waals surface area contributed by atoms with E-state index in [0.29, 0.717) is 0 Å². The lowest BCUT2D eigenvalue weighted by atomic mass is 10.0. The molecule has 0 aliphatic carbocycles. The van der Waals surface area contributed by atoms with E-state index in [9.17, 15) is 0 Å². The maximum Gasteiger partial charge on any atom is 0.0943 e. The van der Waals surface area contributed by atoms with Crippen LogP contribution in [0.5, 0.6) is 0 Å². The monoisotopic (exact) mass is 151 g/mol. The summed E-state index contributed by atoms with van der Waals surface area (Å²) in [6.45, 7) is 6.20. The van der Waals surface area contributed by atoms with E-state index in [1.54, 1.807) is 0 Å². The van der Waals surface area contributed by atoms with Crippen LogP contribution in [0, 0.1) is 11.3 Å². The van der Waals surface area contributed by atoms with Crippen LogP contribution in [0.15, 0.2) is 11.1 Å². The second-order valence-corrected chi connectivity index (χ2v) is 2.80. The third-order valence-electron chi connectivity index (χ3n) is 1.96. The van der Waals surface area contributed by atoms with E-state index in [0.717, 1.165) is 18.4 Å². The van der Waals surface area contributed by atoms with E-state index in [4.69, 9.17) is 5.26 Å². The number of unbranched alkanes of at least 4 members (excludes halogenated alkanes) is 1. The predicted octanol–water partition coefficient (Wildman–Crippen LogP) is 3.43. The second kappa shape index (κ2) is 5.97. The molecule has 0 spiro atoms. The molecule has 0 saturated heterocycles. The van der Waals surface area contributed by atoms with Crippen LogP contribution >= 0.6 is 0 Å². The molecule has 0 aromatic heterocycles. The Morgan fingerprint density at radius 2 is 2.00 bits per heavy atom. The Bertz CT molecular complexity index is 172. The molecule has 0 heterocycles. The summed E-state index contributed by atoms with van der Waals surface area (Å²) in [5.41, 5.74) is 2.25. The molecule has 0 unspecified atom stereocenters. The first-order chi connectivity index (χ1) is 5.26. The molecule has 0 atom stereocenters. The minimum absolute atomic E-state index is 0.918. The summed E-state index contributed by atoms with van der Waals surface area (Å²) in [6, 6.07) is 2.20. The lowest BCUT2D eigenvalue weighted by Crippen LogP contribution is -1.86. The van der Waals surface area contributed by atoms with Crippen LogP contribution < -0.4 is 0 Å². The molecule has 0 rings (SSSR count). The van der Waals surface area contributed by atoms with E-state index >= 15 is 0 Å². The van der Waals surface area contributed by atoms with Gasteiger partial charge in [-0.15, -0.1) is 0 Å². The summed E-state index contributed by atoms with van der Waals surface area (Å²) < 4.78 is 0. The zero-order valence-electron chi connectivity index (χ0n) is 7.78. The van der Waals surface area contributed by atoms with Crippen molar-refractivity contribution in [1.29, 1.82) is 5.26 Å².